The van der Waals surface area contributed by atoms with Gasteiger partial charge in [-0.05, 0) is 49.4 Å². The standard InChI is InChI=1S/C25H30FN5O4/c1-35-25(34)28-21-17-19(24(33)30-10-3-8-27-9-11-30)6-7-22(21)29-12-14-31(15-13-29)23(32)18-4-2-5-20(26)16-18/h2,4-7,16-17,27H,3,8-15H2,1H3,(H,28,34). The van der Waals surface area contributed by atoms with Crippen LogP contribution in [-0.2, 0) is 4.74 Å². The Morgan fingerprint density at radius 1 is 0.886 bits per heavy atom. The van der Waals surface area contributed by atoms with Crippen molar-refractivity contribution in [3.8, 4) is 0 Å². The Bertz CT molecular complexity index is 1080. The average molecular weight is 484 g/mol. The number of carbonyl (C=O) groups excluding carboxylic acids is 3. The van der Waals surface area contributed by atoms with E-state index in [1.54, 1.807) is 23.1 Å². The first-order chi connectivity index (χ1) is 17.0. The molecule has 0 saturated carbocycles. The number of methoxy groups -OCH3 is 1. The third kappa shape index (κ3) is 5.89. The zero-order chi connectivity index (χ0) is 24.8. The van der Waals surface area contributed by atoms with Gasteiger partial charge in [0.25, 0.3) is 11.8 Å². The SMILES string of the molecule is COC(=O)Nc1cc(C(=O)N2CCCNCC2)ccc1N1CCN(C(=O)c2cccc(F)c2)CC1. The maximum atomic E-state index is 13.5. The lowest BCUT2D eigenvalue weighted by atomic mass is 10.1. The predicted molar refractivity (Wildman–Crippen MR) is 130 cm³/mol. The second-order valence-corrected chi connectivity index (χ2v) is 8.53. The summed E-state index contributed by atoms with van der Waals surface area (Å²) in [6.07, 6.45) is 0.255. The summed E-state index contributed by atoms with van der Waals surface area (Å²) in [7, 11) is 1.28. The van der Waals surface area contributed by atoms with Gasteiger partial charge in [0.15, 0.2) is 0 Å². The van der Waals surface area contributed by atoms with Crippen LogP contribution in [0.2, 0.25) is 0 Å². The van der Waals surface area contributed by atoms with Crippen molar-refractivity contribution in [3.05, 3.63) is 59.4 Å². The zero-order valence-electron chi connectivity index (χ0n) is 19.8. The molecule has 0 aliphatic carbocycles. The van der Waals surface area contributed by atoms with E-state index < -0.39 is 11.9 Å². The maximum absolute atomic E-state index is 13.5. The smallest absolute Gasteiger partial charge is 0.411 e. The average Bonchev–Trinajstić information content (AvgIpc) is 3.17. The Labute approximate surface area is 203 Å². The van der Waals surface area contributed by atoms with E-state index >= 15 is 0 Å². The number of benzene rings is 2. The van der Waals surface area contributed by atoms with Gasteiger partial charge in [0, 0.05) is 56.9 Å². The highest BCUT2D eigenvalue weighted by Crippen LogP contribution is 2.29. The number of carbonyl (C=O) groups is 3. The summed E-state index contributed by atoms with van der Waals surface area (Å²) in [5.41, 5.74) is 2.02. The monoisotopic (exact) mass is 483 g/mol. The topological polar surface area (TPSA) is 94.2 Å². The van der Waals surface area contributed by atoms with Crippen LogP contribution in [0.3, 0.4) is 0 Å². The molecule has 0 unspecified atom stereocenters. The highest BCUT2D eigenvalue weighted by Gasteiger charge is 2.25. The number of anilines is 2. The van der Waals surface area contributed by atoms with Gasteiger partial charge in [0.05, 0.1) is 18.5 Å². The number of ether oxygens (including phenoxy) is 1. The number of hydrogen-bond acceptors (Lipinski definition) is 6. The molecule has 3 amide bonds. The summed E-state index contributed by atoms with van der Waals surface area (Å²) >= 11 is 0. The molecule has 0 spiro atoms. The highest BCUT2D eigenvalue weighted by atomic mass is 19.1. The minimum absolute atomic E-state index is 0.0846. The van der Waals surface area contributed by atoms with Crippen LogP contribution in [0.1, 0.15) is 27.1 Å². The zero-order valence-corrected chi connectivity index (χ0v) is 19.8. The van der Waals surface area contributed by atoms with E-state index in [1.807, 2.05) is 15.9 Å². The number of nitrogens with one attached hydrogen (secondary N) is 2. The largest absolute Gasteiger partial charge is 0.453 e. The number of hydrogen-bond donors (Lipinski definition) is 2. The molecule has 0 radical (unpaired) electrons. The second kappa shape index (κ2) is 11.2. The van der Waals surface area contributed by atoms with E-state index in [0.717, 1.165) is 25.2 Å². The fourth-order valence-corrected chi connectivity index (χ4v) is 4.39. The van der Waals surface area contributed by atoms with Crippen molar-refractivity contribution in [2.24, 2.45) is 0 Å². The summed E-state index contributed by atoms with van der Waals surface area (Å²) in [5, 5.41) is 6.01. The first-order valence-corrected chi connectivity index (χ1v) is 11.7. The van der Waals surface area contributed by atoms with Crippen LogP contribution in [0.4, 0.5) is 20.6 Å². The lowest BCUT2D eigenvalue weighted by Crippen LogP contribution is -2.49. The Hall–Kier alpha value is -3.66. The molecule has 2 aliphatic heterocycles. The van der Waals surface area contributed by atoms with Crippen molar-refractivity contribution in [2.45, 2.75) is 6.42 Å². The minimum Gasteiger partial charge on any atom is -0.453 e. The summed E-state index contributed by atoms with van der Waals surface area (Å²) in [4.78, 5) is 43.4. The van der Waals surface area contributed by atoms with Crippen molar-refractivity contribution in [2.75, 3.05) is 69.7 Å². The van der Waals surface area contributed by atoms with Gasteiger partial charge in [-0.15, -0.1) is 0 Å². The number of rotatable bonds is 4. The van der Waals surface area contributed by atoms with Crippen LogP contribution in [0, 0.1) is 5.82 Å². The fourth-order valence-electron chi connectivity index (χ4n) is 4.39. The first kappa shape index (κ1) is 24.5. The van der Waals surface area contributed by atoms with Gasteiger partial charge in [-0.25, -0.2) is 9.18 Å². The number of amides is 3. The summed E-state index contributed by atoms with van der Waals surface area (Å²) in [6.45, 7) is 4.84. The van der Waals surface area contributed by atoms with Gasteiger partial charge in [-0.3, -0.25) is 14.9 Å². The van der Waals surface area contributed by atoms with Crippen LogP contribution in [-0.4, -0.2) is 87.2 Å². The molecule has 0 atom stereocenters. The van der Waals surface area contributed by atoms with Crippen molar-refractivity contribution in [1.82, 2.24) is 15.1 Å². The molecule has 10 heteroatoms. The number of halogens is 1. The van der Waals surface area contributed by atoms with Crippen LogP contribution < -0.4 is 15.5 Å². The van der Waals surface area contributed by atoms with Crippen LogP contribution in [0.5, 0.6) is 0 Å². The van der Waals surface area contributed by atoms with Crippen molar-refractivity contribution in [3.63, 3.8) is 0 Å². The highest BCUT2D eigenvalue weighted by molar-refractivity contribution is 5.99. The molecule has 2 aromatic rings. The predicted octanol–water partition coefficient (Wildman–Crippen LogP) is 2.40. The maximum Gasteiger partial charge on any atom is 0.411 e. The Kier molecular flexibility index (Phi) is 7.81. The fraction of sp³-hybridized carbons (Fsp3) is 0.400. The quantitative estimate of drug-likeness (QED) is 0.694. The Morgan fingerprint density at radius 2 is 1.60 bits per heavy atom. The van der Waals surface area contributed by atoms with Crippen molar-refractivity contribution >= 4 is 29.3 Å². The lowest BCUT2D eigenvalue weighted by molar-refractivity contribution is 0.0743. The van der Waals surface area contributed by atoms with Crippen LogP contribution in [0.15, 0.2) is 42.5 Å². The molecule has 2 N–H and O–H groups in total. The van der Waals surface area contributed by atoms with Crippen molar-refractivity contribution in [1.29, 1.82) is 0 Å². The molecule has 0 bridgehead atoms. The molecular formula is C25H30FN5O4. The van der Waals surface area contributed by atoms with Crippen LogP contribution in [0.25, 0.3) is 0 Å². The number of nitrogens with zero attached hydrogens (tertiary/aromatic N) is 3. The summed E-state index contributed by atoms with van der Waals surface area (Å²) < 4.78 is 18.3. The molecule has 4 rings (SSSR count). The molecule has 2 heterocycles. The molecule has 9 nitrogen and oxygen atoms in total. The normalized spacial score (nSPS) is 16.5. The Morgan fingerprint density at radius 3 is 2.31 bits per heavy atom. The molecule has 2 aliphatic rings. The van der Waals surface area contributed by atoms with Gasteiger partial charge in [0.1, 0.15) is 5.82 Å². The number of piperazine rings is 1. The van der Waals surface area contributed by atoms with E-state index in [1.165, 1.54) is 25.3 Å². The molecule has 2 fully saturated rings. The first-order valence-electron chi connectivity index (χ1n) is 11.7. The molecule has 0 aromatic heterocycles. The van der Waals surface area contributed by atoms with E-state index in [2.05, 4.69) is 10.6 Å². The molecule has 2 aromatic carbocycles. The minimum atomic E-state index is -0.630. The van der Waals surface area contributed by atoms with Gasteiger partial charge in [0.2, 0.25) is 0 Å². The molecular weight excluding hydrogens is 453 g/mol. The summed E-state index contributed by atoms with van der Waals surface area (Å²) in [6, 6.07) is 10.9. The Balaban J connectivity index is 1.50. The van der Waals surface area contributed by atoms with Crippen molar-refractivity contribution < 1.29 is 23.5 Å². The van der Waals surface area contributed by atoms with E-state index in [9.17, 15) is 18.8 Å². The lowest BCUT2D eigenvalue weighted by Gasteiger charge is -2.37. The molecule has 186 valence electrons. The second-order valence-electron chi connectivity index (χ2n) is 8.53. The van der Waals surface area contributed by atoms with Crippen LogP contribution >= 0.6 is 0 Å². The van der Waals surface area contributed by atoms with Gasteiger partial charge < -0.3 is 24.8 Å². The van der Waals surface area contributed by atoms with E-state index in [-0.39, 0.29) is 11.8 Å². The third-order valence-corrected chi connectivity index (χ3v) is 6.27. The van der Waals surface area contributed by atoms with Gasteiger partial charge in [-0.2, -0.15) is 0 Å². The molecule has 35 heavy (non-hydrogen) atoms. The van der Waals surface area contributed by atoms with Gasteiger partial charge >= 0.3 is 6.09 Å². The van der Waals surface area contributed by atoms with Gasteiger partial charge in [-0.1, -0.05) is 6.07 Å². The van der Waals surface area contributed by atoms with E-state index in [4.69, 9.17) is 4.74 Å². The summed E-state index contributed by atoms with van der Waals surface area (Å²) in [5.74, 6) is -0.747. The van der Waals surface area contributed by atoms with E-state index in [0.29, 0.717) is 56.1 Å². The third-order valence-electron chi connectivity index (χ3n) is 6.27. The molecule has 2 saturated heterocycles.